The second-order valence-corrected chi connectivity index (χ2v) is 5.52. The summed E-state index contributed by atoms with van der Waals surface area (Å²) >= 11 is 0. The van der Waals surface area contributed by atoms with Crippen molar-refractivity contribution >= 4 is 11.0 Å². The first-order valence-electron chi connectivity index (χ1n) is 7.62. The van der Waals surface area contributed by atoms with Crippen molar-refractivity contribution in [3.05, 3.63) is 30.6 Å². The van der Waals surface area contributed by atoms with Crippen LogP contribution in [0.5, 0.6) is 0 Å². The van der Waals surface area contributed by atoms with E-state index in [9.17, 15) is 0 Å². The number of nitrogens with one attached hydrogen (secondary N) is 1. The maximum absolute atomic E-state index is 5.79. The molecule has 0 unspecified atom stereocenters. The lowest BCUT2D eigenvalue weighted by atomic mass is 9.95. The van der Waals surface area contributed by atoms with E-state index < -0.39 is 0 Å². The molecule has 108 valence electrons. The Balaban J connectivity index is 1.39. The van der Waals surface area contributed by atoms with Crippen molar-refractivity contribution in [1.29, 1.82) is 0 Å². The normalized spacial score (nSPS) is 16.8. The summed E-state index contributed by atoms with van der Waals surface area (Å²) in [5.74, 6) is 0.852. The number of hydrogen-bond donors (Lipinski definition) is 1. The van der Waals surface area contributed by atoms with Crippen LogP contribution in [0.1, 0.15) is 19.3 Å². The number of piperidine rings is 1. The Hall–Kier alpha value is -1.39. The first-order chi connectivity index (χ1) is 9.93. The van der Waals surface area contributed by atoms with Gasteiger partial charge in [-0.2, -0.15) is 0 Å². The van der Waals surface area contributed by atoms with Crippen molar-refractivity contribution in [3.8, 4) is 0 Å². The molecule has 1 aromatic carbocycles. The van der Waals surface area contributed by atoms with Gasteiger partial charge in [0.25, 0.3) is 0 Å². The molecule has 1 fully saturated rings. The van der Waals surface area contributed by atoms with E-state index in [2.05, 4.69) is 27.0 Å². The molecular formula is C16H23N3O. The fraction of sp³-hybridized carbons (Fsp3) is 0.562. The fourth-order valence-electron chi connectivity index (χ4n) is 2.87. The Labute approximate surface area is 120 Å². The molecule has 3 rings (SSSR count). The van der Waals surface area contributed by atoms with Crippen LogP contribution in [0.3, 0.4) is 0 Å². The van der Waals surface area contributed by atoms with Gasteiger partial charge in [-0.05, 0) is 50.4 Å². The van der Waals surface area contributed by atoms with Crippen LogP contribution in [-0.2, 0) is 11.3 Å². The van der Waals surface area contributed by atoms with Gasteiger partial charge in [0, 0.05) is 13.2 Å². The topological polar surface area (TPSA) is 39.1 Å². The molecule has 0 atom stereocenters. The number of ether oxygens (including phenoxy) is 1. The largest absolute Gasteiger partial charge is 0.380 e. The molecule has 0 amide bonds. The number of nitrogens with zero attached hydrogens (tertiary/aromatic N) is 2. The number of aromatic nitrogens is 2. The average molecular weight is 273 g/mol. The minimum Gasteiger partial charge on any atom is -0.380 e. The maximum Gasteiger partial charge on any atom is 0.0959 e. The minimum absolute atomic E-state index is 0.769. The van der Waals surface area contributed by atoms with Gasteiger partial charge >= 0.3 is 0 Å². The van der Waals surface area contributed by atoms with Gasteiger partial charge < -0.3 is 14.6 Å². The molecule has 1 saturated heterocycles. The lowest BCUT2D eigenvalue weighted by Crippen LogP contribution is -2.28. The van der Waals surface area contributed by atoms with Gasteiger partial charge in [-0.1, -0.05) is 12.1 Å². The molecular weight excluding hydrogens is 250 g/mol. The van der Waals surface area contributed by atoms with E-state index in [1.165, 1.54) is 37.9 Å². The molecule has 2 aromatic rings. The SMILES string of the molecule is c1ccc2c(c1)ncn2CCOCCC1CCNCC1. The van der Waals surface area contributed by atoms with Crippen LogP contribution in [-0.4, -0.2) is 35.9 Å². The Kier molecular flexibility index (Phi) is 4.66. The highest BCUT2D eigenvalue weighted by molar-refractivity contribution is 5.74. The highest BCUT2D eigenvalue weighted by Crippen LogP contribution is 2.15. The van der Waals surface area contributed by atoms with Gasteiger partial charge in [-0.3, -0.25) is 0 Å². The smallest absolute Gasteiger partial charge is 0.0959 e. The van der Waals surface area contributed by atoms with Crippen LogP contribution in [0, 0.1) is 5.92 Å². The van der Waals surface area contributed by atoms with Crippen LogP contribution < -0.4 is 5.32 Å². The molecule has 0 aliphatic carbocycles. The maximum atomic E-state index is 5.79. The van der Waals surface area contributed by atoms with E-state index in [-0.39, 0.29) is 0 Å². The van der Waals surface area contributed by atoms with Gasteiger partial charge in [0.1, 0.15) is 0 Å². The van der Waals surface area contributed by atoms with Gasteiger partial charge in [-0.25, -0.2) is 4.98 Å². The third kappa shape index (κ3) is 3.38. The highest BCUT2D eigenvalue weighted by atomic mass is 16.5. The number of para-hydroxylation sites is 2. The molecule has 1 aliphatic rings. The molecule has 4 heteroatoms. The second-order valence-electron chi connectivity index (χ2n) is 5.52. The predicted octanol–water partition coefficient (Wildman–Crippen LogP) is 2.44. The van der Waals surface area contributed by atoms with Crippen molar-refractivity contribution in [1.82, 2.24) is 14.9 Å². The van der Waals surface area contributed by atoms with Crippen LogP contribution in [0.2, 0.25) is 0 Å². The summed E-state index contributed by atoms with van der Waals surface area (Å²) in [4.78, 5) is 4.39. The van der Waals surface area contributed by atoms with Gasteiger partial charge in [0.2, 0.25) is 0 Å². The number of imidazole rings is 1. The highest BCUT2D eigenvalue weighted by Gasteiger charge is 2.12. The lowest BCUT2D eigenvalue weighted by Gasteiger charge is -2.22. The van der Waals surface area contributed by atoms with Gasteiger partial charge in [-0.15, -0.1) is 0 Å². The first kappa shape index (κ1) is 13.6. The standard InChI is InChI=1S/C16H23N3O/c1-2-4-16-15(3-1)18-13-19(16)10-12-20-11-7-14-5-8-17-9-6-14/h1-4,13-14,17H,5-12H2. The quantitative estimate of drug-likeness (QED) is 0.822. The molecule has 1 N–H and O–H groups in total. The molecule has 20 heavy (non-hydrogen) atoms. The van der Waals surface area contributed by atoms with Crippen LogP contribution >= 0.6 is 0 Å². The van der Waals surface area contributed by atoms with Crippen molar-refractivity contribution in [3.63, 3.8) is 0 Å². The molecule has 0 bridgehead atoms. The van der Waals surface area contributed by atoms with E-state index in [4.69, 9.17) is 4.74 Å². The minimum atomic E-state index is 0.769. The van der Waals surface area contributed by atoms with Crippen molar-refractivity contribution < 1.29 is 4.74 Å². The monoisotopic (exact) mass is 273 g/mol. The van der Waals surface area contributed by atoms with E-state index in [0.717, 1.165) is 31.2 Å². The summed E-state index contributed by atoms with van der Waals surface area (Å²) in [6, 6.07) is 8.23. The van der Waals surface area contributed by atoms with Crippen LogP contribution in [0.15, 0.2) is 30.6 Å². The van der Waals surface area contributed by atoms with E-state index >= 15 is 0 Å². The average Bonchev–Trinajstić information content (AvgIpc) is 2.91. The Morgan fingerprint density at radius 2 is 2.05 bits per heavy atom. The van der Waals surface area contributed by atoms with E-state index in [1.54, 1.807) is 0 Å². The number of benzene rings is 1. The summed E-state index contributed by atoms with van der Waals surface area (Å²) in [7, 11) is 0. The zero-order chi connectivity index (χ0) is 13.6. The molecule has 1 aromatic heterocycles. The third-order valence-corrected chi connectivity index (χ3v) is 4.13. The zero-order valence-electron chi connectivity index (χ0n) is 11.9. The van der Waals surface area contributed by atoms with Crippen LogP contribution in [0.25, 0.3) is 11.0 Å². The van der Waals surface area contributed by atoms with Gasteiger partial charge in [0.15, 0.2) is 0 Å². The third-order valence-electron chi connectivity index (χ3n) is 4.13. The number of hydrogen-bond acceptors (Lipinski definition) is 3. The van der Waals surface area contributed by atoms with E-state index in [0.29, 0.717) is 0 Å². The first-order valence-corrected chi connectivity index (χ1v) is 7.62. The molecule has 2 heterocycles. The second kappa shape index (κ2) is 6.86. The number of rotatable bonds is 6. The predicted molar refractivity (Wildman–Crippen MR) is 80.8 cm³/mol. The van der Waals surface area contributed by atoms with Crippen molar-refractivity contribution in [2.75, 3.05) is 26.3 Å². The summed E-state index contributed by atoms with van der Waals surface area (Å²) in [6.07, 6.45) is 5.71. The molecule has 1 aliphatic heterocycles. The van der Waals surface area contributed by atoms with Crippen LogP contribution in [0.4, 0.5) is 0 Å². The Morgan fingerprint density at radius 1 is 1.20 bits per heavy atom. The zero-order valence-corrected chi connectivity index (χ0v) is 11.9. The Morgan fingerprint density at radius 3 is 2.95 bits per heavy atom. The lowest BCUT2D eigenvalue weighted by molar-refractivity contribution is 0.109. The van der Waals surface area contributed by atoms with E-state index in [1.807, 2.05) is 18.5 Å². The molecule has 0 spiro atoms. The Bertz CT molecular complexity index is 531. The molecule has 0 radical (unpaired) electrons. The summed E-state index contributed by atoms with van der Waals surface area (Å²) < 4.78 is 7.96. The molecule has 4 nitrogen and oxygen atoms in total. The van der Waals surface area contributed by atoms with Crippen molar-refractivity contribution in [2.24, 2.45) is 5.92 Å². The van der Waals surface area contributed by atoms with Gasteiger partial charge in [0.05, 0.1) is 24.0 Å². The molecule has 0 saturated carbocycles. The summed E-state index contributed by atoms with van der Waals surface area (Å²) in [5.41, 5.74) is 2.25. The number of fused-ring (bicyclic) bond motifs is 1. The van der Waals surface area contributed by atoms with Crippen molar-refractivity contribution in [2.45, 2.75) is 25.8 Å². The summed E-state index contributed by atoms with van der Waals surface area (Å²) in [6.45, 7) is 4.88. The fourth-order valence-corrected chi connectivity index (χ4v) is 2.87. The summed E-state index contributed by atoms with van der Waals surface area (Å²) in [5, 5.41) is 3.40.